The number of hydrogen-bond acceptors (Lipinski definition) is 5. The molecule has 0 bridgehead atoms. The molecule has 0 unspecified atom stereocenters. The number of nitrogens with one attached hydrogen (secondary N) is 1. The second kappa shape index (κ2) is 9.36. The molecule has 0 atom stereocenters. The van der Waals surface area contributed by atoms with Crippen molar-refractivity contribution in [2.24, 2.45) is 0 Å². The lowest BCUT2D eigenvalue weighted by Crippen LogP contribution is -2.01. The van der Waals surface area contributed by atoms with Gasteiger partial charge in [-0.1, -0.05) is 59.6 Å². The van der Waals surface area contributed by atoms with Crippen molar-refractivity contribution in [1.29, 1.82) is 5.26 Å². The van der Waals surface area contributed by atoms with Gasteiger partial charge in [0.25, 0.3) is 0 Å². The van der Waals surface area contributed by atoms with Crippen molar-refractivity contribution in [2.45, 2.75) is 12.7 Å². The van der Waals surface area contributed by atoms with E-state index >= 15 is 0 Å². The highest BCUT2D eigenvalue weighted by Crippen LogP contribution is 2.35. The Hall–Kier alpha value is -2.78. The summed E-state index contributed by atoms with van der Waals surface area (Å²) in [6, 6.07) is 26.2. The van der Waals surface area contributed by atoms with E-state index in [2.05, 4.69) is 18.3 Å². The number of thiazole rings is 1. The van der Waals surface area contributed by atoms with Crippen molar-refractivity contribution in [2.75, 3.05) is 5.32 Å². The molecule has 148 valence electrons. The lowest BCUT2D eigenvalue weighted by atomic mass is 10.2. The average molecular weight is 448 g/mol. The quantitative estimate of drug-likeness (QED) is 0.311. The normalized spacial score (nSPS) is 11.8. The first-order chi connectivity index (χ1) is 14.6. The van der Waals surface area contributed by atoms with Crippen molar-refractivity contribution >= 4 is 56.2 Å². The number of aryl methyl sites for hydroxylation is 1. The maximum Gasteiger partial charge on any atom is 0.137 e. The first kappa shape index (κ1) is 20.5. The lowest BCUT2D eigenvalue weighted by molar-refractivity contribution is 1.40. The third-order valence-corrected chi connectivity index (χ3v) is 6.96. The monoisotopic (exact) mass is 447 g/mol. The van der Waals surface area contributed by atoms with Gasteiger partial charge in [0.05, 0.1) is 15.2 Å². The highest BCUT2D eigenvalue weighted by Gasteiger charge is 2.16. The minimum Gasteiger partial charge on any atom is -0.349 e. The maximum atomic E-state index is 10.0. The van der Waals surface area contributed by atoms with Gasteiger partial charge in [0.15, 0.2) is 0 Å². The van der Waals surface area contributed by atoms with Crippen molar-refractivity contribution in [3.63, 3.8) is 0 Å². The summed E-state index contributed by atoms with van der Waals surface area (Å²) in [5.74, 6) is 0.643. The summed E-state index contributed by atoms with van der Waals surface area (Å²) in [4.78, 5) is 4.69. The third-order valence-electron chi connectivity index (χ3n) is 4.49. The minimum atomic E-state index is 0.536. The van der Waals surface area contributed by atoms with Crippen LogP contribution in [0, 0.1) is 18.3 Å². The van der Waals surface area contributed by atoms with E-state index in [0.717, 1.165) is 31.5 Å². The van der Waals surface area contributed by atoms with Gasteiger partial charge in [-0.25, -0.2) is 4.98 Å². The molecule has 0 spiro atoms. The van der Waals surface area contributed by atoms with Crippen molar-refractivity contribution in [1.82, 2.24) is 4.98 Å². The molecule has 0 fully saturated rings. The Morgan fingerprint density at radius 2 is 1.80 bits per heavy atom. The summed E-state index contributed by atoms with van der Waals surface area (Å²) in [6.45, 7) is 2.05. The number of para-hydroxylation sites is 1. The van der Waals surface area contributed by atoms with E-state index in [1.165, 1.54) is 16.9 Å². The van der Waals surface area contributed by atoms with Gasteiger partial charge < -0.3 is 5.32 Å². The van der Waals surface area contributed by atoms with Gasteiger partial charge in [-0.15, -0.1) is 23.1 Å². The molecule has 4 rings (SSSR count). The number of benzene rings is 3. The molecular weight excluding hydrogens is 430 g/mol. The Morgan fingerprint density at radius 3 is 2.53 bits per heavy atom. The van der Waals surface area contributed by atoms with E-state index in [9.17, 15) is 5.26 Å². The molecule has 0 aliphatic carbocycles. The predicted octanol–water partition coefficient (Wildman–Crippen LogP) is 7.50. The molecule has 1 aromatic heterocycles. The van der Waals surface area contributed by atoms with Crippen molar-refractivity contribution in [3.05, 3.63) is 99.0 Å². The summed E-state index contributed by atoms with van der Waals surface area (Å²) in [6.07, 6.45) is 0. The minimum absolute atomic E-state index is 0.536. The van der Waals surface area contributed by atoms with Crippen molar-refractivity contribution in [3.8, 4) is 6.07 Å². The van der Waals surface area contributed by atoms with E-state index in [0.29, 0.717) is 16.3 Å². The molecule has 4 aromatic rings. The van der Waals surface area contributed by atoms with Crippen LogP contribution in [0.15, 0.2) is 77.8 Å². The second-order valence-electron chi connectivity index (χ2n) is 6.67. The average Bonchev–Trinajstić information content (AvgIpc) is 3.18. The molecule has 0 radical (unpaired) electrons. The molecule has 30 heavy (non-hydrogen) atoms. The van der Waals surface area contributed by atoms with Gasteiger partial charge in [-0.3, -0.25) is 0 Å². The Balaban J connectivity index is 1.73. The van der Waals surface area contributed by atoms with Crippen LogP contribution in [0.4, 0.5) is 5.69 Å². The number of halogens is 1. The first-order valence-corrected chi connectivity index (χ1v) is 11.5. The summed E-state index contributed by atoms with van der Waals surface area (Å²) < 4.78 is 1.06. The van der Waals surface area contributed by atoms with E-state index in [4.69, 9.17) is 16.6 Å². The number of nitriles is 1. The van der Waals surface area contributed by atoms with Crippen LogP contribution in [0.5, 0.6) is 0 Å². The number of aromatic nitrogens is 1. The fraction of sp³-hybridized carbons (Fsp3) is 0.0833. The van der Waals surface area contributed by atoms with Crippen LogP contribution in [-0.4, -0.2) is 4.98 Å². The van der Waals surface area contributed by atoms with E-state index in [-0.39, 0.29) is 0 Å². The van der Waals surface area contributed by atoms with Crippen molar-refractivity contribution < 1.29 is 0 Å². The van der Waals surface area contributed by atoms with E-state index in [1.54, 1.807) is 11.8 Å². The Bertz CT molecular complexity index is 1220. The van der Waals surface area contributed by atoms with E-state index < -0.39 is 0 Å². The largest absolute Gasteiger partial charge is 0.349 e. The number of fused-ring (bicyclic) bond motifs is 1. The molecule has 3 nitrogen and oxygen atoms in total. The molecule has 1 heterocycles. The summed E-state index contributed by atoms with van der Waals surface area (Å²) in [7, 11) is 0. The first-order valence-electron chi connectivity index (χ1n) is 9.34. The molecule has 1 N–H and O–H groups in total. The van der Waals surface area contributed by atoms with Crippen LogP contribution in [0.2, 0.25) is 5.02 Å². The maximum absolute atomic E-state index is 10.0. The fourth-order valence-corrected chi connectivity index (χ4v) is 5.22. The zero-order valence-corrected chi connectivity index (χ0v) is 18.6. The van der Waals surface area contributed by atoms with Gasteiger partial charge in [-0.2, -0.15) is 5.26 Å². The molecule has 0 saturated carbocycles. The molecule has 0 aliphatic rings. The topological polar surface area (TPSA) is 48.7 Å². The fourth-order valence-electron chi connectivity index (χ4n) is 2.88. The smallest absolute Gasteiger partial charge is 0.137 e. The van der Waals surface area contributed by atoms with Crippen LogP contribution < -0.4 is 5.32 Å². The highest BCUT2D eigenvalue weighted by atomic mass is 35.5. The Morgan fingerprint density at radius 1 is 1.07 bits per heavy atom. The van der Waals surface area contributed by atoms with Crippen LogP contribution in [0.1, 0.15) is 16.1 Å². The molecular formula is C24H18ClN3S2. The van der Waals surface area contributed by atoms with Gasteiger partial charge >= 0.3 is 0 Å². The summed E-state index contributed by atoms with van der Waals surface area (Å²) in [5.41, 5.74) is 4.57. The standard InChI is InChI=1S/C24H18ClN3S2/c1-16-10-12-18(13-11-16)27-23(29-15-17-6-2-3-7-20(17)25)19(14-26)24-28-21-8-4-5-9-22(21)30-24/h2-13,27H,15H2,1H3. The molecule has 0 saturated heterocycles. The van der Waals surface area contributed by atoms with Crippen LogP contribution in [0.3, 0.4) is 0 Å². The van der Waals surface area contributed by atoms with Gasteiger partial charge in [0.2, 0.25) is 0 Å². The molecule has 6 heteroatoms. The highest BCUT2D eigenvalue weighted by molar-refractivity contribution is 8.02. The summed E-state index contributed by atoms with van der Waals surface area (Å²) in [5, 5.41) is 15.7. The van der Waals surface area contributed by atoms with Gasteiger partial charge in [0.1, 0.15) is 16.6 Å². The number of rotatable bonds is 6. The van der Waals surface area contributed by atoms with Crippen LogP contribution >= 0.6 is 34.7 Å². The number of allylic oxidation sites excluding steroid dienone is 1. The summed E-state index contributed by atoms with van der Waals surface area (Å²) >= 11 is 9.42. The molecule has 0 amide bonds. The number of thioether (sulfide) groups is 1. The second-order valence-corrected chi connectivity index (χ2v) is 9.10. The SMILES string of the molecule is Cc1ccc(NC(SCc2ccccc2Cl)=C(C#N)c2nc3ccccc3s2)cc1. The van der Waals surface area contributed by atoms with Gasteiger partial charge in [0, 0.05) is 16.5 Å². The molecule has 0 aliphatic heterocycles. The third kappa shape index (κ3) is 4.68. The zero-order chi connectivity index (χ0) is 20.9. The number of anilines is 1. The lowest BCUT2D eigenvalue weighted by Gasteiger charge is -2.13. The van der Waals surface area contributed by atoms with Crippen LogP contribution in [-0.2, 0) is 5.75 Å². The van der Waals surface area contributed by atoms with Gasteiger partial charge in [-0.05, 0) is 42.8 Å². The van der Waals surface area contributed by atoms with E-state index in [1.807, 2.05) is 72.8 Å². The Kier molecular flexibility index (Phi) is 6.39. The number of hydrogen-bond donors (Lipinski definition) is 1. The predicted molar refractivity (Wildman–Crippen MR) is 130 cm³/mol. The number of nitrogens with zero attached hydrogens (tertiary/aromatic N) is 2. The van der Waals surface area contributed by atoms with Crippen LogP contribution in [0.25, 0.3) is 15.8 Å². The molecule has 3 aromatic carbocycles. The Labute approximate surface area is 189 Å². The zero-order valence-electron chi connectivity index (χ0n) is 16.2.